The zero-order valence-electron chi connectivity index (χ0n) is 12.5. The first-order chi connectivity index (χ1) is 10.1. The van der Waals surface area contributed by atoms with Crippen LogP contribution in [0.1, 0.15) is 52.4 Å². The van der Waals surface area contributed by atoms with Gasteiger partial charge in [0.05, 0.1) is 16.2 Å². The summed E-state index contributed by atoms with van der Waals surface area (Å²) in [5.74, 6) is 10.7. The van der Waals surface area contributed by atoms with E-state index >= 15 is 0 Å². The van der Waals surface area contributed by atoms with E-state index < -0.39 is 5.78 Å². The summed E-state index contributed by atoms with van der Waals surface area (Å²) < 4.78 is 0. The van der Waals surface area contributed by atoms with E-state index in [0.29, 0.717) is 12.8 Å². The van der Waals surface area contributed by atoms with Crippen molar-refractivity contribution in [3.05, 3.63) is 22.3 Å². The number of carbonyl (C=O) groups is 2. The maximum Gasteiger partial charge on any atom is 0.214 e. The highest BCUT2D eigenvalue weighted by Gasteiger charge is 2.25. The van der Waals surface area contributed by atoms with Gasteiger partial charge in [-0.3, -0.25) is 9.59 Å². The third-order valence-electron chi connectivity index (χ3n) is 2.94. The number of hydrogen-bond acceptors (Lipinski definition) is 2. The van der Waals surface area contributed by atoms with E-state index in [2.05, 4.69) is 37.5 Å². The van der Waals surface area contributed by atoms with Crippen LogP contribution < -0.4 is 0 Å². The van der Waals surface area contributed by atoms with Crippen molar-refractivity contribution in [1.82, 2.24) is 0 Å². The van der Waals surface area contributed by atoms with E-state index in [1.165, 1.54) is 0 Å². The minimum atomic E-state index is -0.403. The Balaban J connectivity index is 3.07. The molecule has 1 rings (SSSR count). The molecule has 0 aliphatic heterocycles. The van der Waals surface area contributed by atoms with Crippen molar-refractivity contribution in [2.45, 2.75) is 52.4 Å². The number of carbonyl (C=O) groups excluding carboxylic acids is 2. The van der Waals surface area contributed by atoms with Gasteiger partial charge in [0.1, 0.15) is 0 Å². The lowest BCUT2D eigenvalue weighted by molar-refractivity contribution is -0.114. The molecule has 0 N–H and O–H groups in total. The molecule has 0 atom stereocenters. The highest BCUT2D eigenvalue weighted by Crippen LogP contribution is 2.21. The first-order valence-corrected chi connectivity index (χ1v) is 7.67. The van der Waals surface area contributed by atoms with Crippen LogP contribution in [0.15, 0.2) is 22.3 Å². The van der Waals surface area contributed by atoms with Crippen molar-refractivity contribution >= 4 is 23.2 Å². The van der Waals surface area contributed by atoms with E-state index in [-0.39, 0.29) is 22.0 Å². The molecular formula is C18H19ClO2. The van der Waals surface area contributed by atoms with Crippen molar-refractivity contribution in [3.63, 3.8) is 0 Å². The number of unbranched alkanes of at least 4 members (excludes halogenated alkanes) is 4. The Hall–Kier alpha value is -1.77. The predicted octanol–water partition coefficient (Wildman–Crippen LogP) is 3.94. The molecule has 0 radical (unpaired) electrons. The molecule has 2 nitrogen and oxygen atoms in total. The molecule has 0 saturated heterocycles. The van der Waals surface area contributed by atoms with E-state index in [0.717, 1.165) is 31.8 Å². The Kier molecular flexibility index (Phi) is 7.59. The summed E-state index contributed by atoms with van der Waals surface area (Å²) in [5.41, 5.74) is 0.331. The van der Waals surface area contributed by atoms with E-state index in [9.17, 15) is 9.59 Å². The summed E-state index contributed by atoms with van der Waals surface area (Å²) in [5, 5.41) is -0.0844. The van der Waals surface area contributed by atoms with Gasteiger partial charge in [-0.25, -0.2) is 0 Å². The van der Waals surface area contributed by atoms with E-state index in [1.54, 1.807) is 0 Å². The van der Waals surface area contributed by atoms with Crippen LogP contribution in [0.5, 0.6) is 0 Å². The quantitative estimate of drug-likeness (QED) is 0.448. The number of rotatable bonds is 4. The smallest absolute Gasteiger partial charge is 0.214 e. The average Bonchev–Trinajstić information content (AvgIpc) is 2.46. The lowest BCUT2D eigenvalue weighted by Gasteiger charge is -2.07. The average molecular weight is 303 g/mol. The van der Waals surface area contributed by atoms with Crippen molar-refractivity contribution in [1.29, 1.82) is 0 Å². The van der Waals surface area contributed by atoms with Gasteiger partial charge in [-0.05, 0) is 12.8 Å². The minimum Gasteiger partial charge on any atom is -0.288 e. The van der Waals surface area contributed by atoms with Crippen LogP contribution in [0.25, 0.3) is 0 Å². The summed E-state index contributed by atoms with van der Waals surface area (Å²) in [6.07, 6.45) is 6.53. The molecule has 0 saturated carbocycles. The molecule has 0 bridgehead atoms. The van der Waals surface area contributed by atoms with Crippen LogP contribution in [0.4, 0.5) is 0 Å². The van der Waals surface area contributed by atoms with Gasteiger partial charge in [-0.2, -0.15) is 0 Å². The Morgan fingerprint density at radius 2 is 1.48 bits per heavy atom. The lowest BCUT2D eigenvalue weighted by Crippen LogP contribution is -2.15. The van der Waals surface area contributed by atoms with E-state index in [4.69, 9.17) is 11.6 Å². The summed E-state index contributed by atoms with van der Waals surface area (Å²) in [4.78, 5) is 24.0. The molecule has 1 aliphatic carbocycles. The maximum absolute atomic E-state index is 12.1. The van der Waals surface area contributed by atoms with Crippen LogP contribution in [0.3, 0.4) is 0 Å². The largest absolute Gasteiger partial charge is 0.288 e. The molecule has 0 heterocycles. The number of ketones is 2. The second-order valence-electron chi connectivity index (χ2n) is 4.75. The number of halogens is 1. The molecule has 0 fully saturated rings. The first kappa shape index (κ1) is 17.3. The highest BCUT2D eigenvalue weighted by molar-refractivity contribution is 6.49. The standard InChI is InChI=1S/C18H19ClO2/c1-3-5-7-9-11-14-15(12-10-8-6-4-2)18(21)16(19)13-17(14)20/h13H,3-8H2,1-2H3. The second-order valence-corrected chi connectivity index (χ2v) is 5.15. The highest BCUT2D eigenvalue weighted by atomic mass is 35.5. The normalized spacial score (nSPS) is 14.1. The van der Waals surface area contributed by atoms with Gasteiger partial charge in [0, 0.05) is 18.9 Å². The monoisotopic (exact) mass is 302 g/mol. The Bertz CT molecular complexity index is 601. The molecule has 0 unspecified atom stereocenters. The molecule has 21 heavy (non-hydrogen) atoms. The van der Waals surface area contributed by atoms with Crippen LogP contribution in [0, 0.1) is 23.7 Å². The molecule has 3 heteroatoms. The molecule has 0 aromatic heterocycles. The van der Waals surface area contributed by atoms with Crippen LogP contribution in [-0.2, 0) is 9.59 Å². The maximum atomic E-state index is 12.1. The van der Waals surface area contributed by atoms with Crippen molar-refractivity contribution in [3.8, 4) is 23.7 Å². The molecule has 110 valence electrons. The summed E-state index contributed by atoms with van der Waals surface area (Å²) in [7, 11) is 0. The van der Waals surface area contributed by atoms with Gasteiger partial charge in [0.25, 0.3) is 0 Å². The summed E-state index contributed by atoms with van der Waals surface area (Å²) in [6, 6.07) is 0. The third-order valence-corrected chi connectivity index (χ3v) is 3.22. The predicted molar refractivity (Wildman–Crippen MR) is 85.6 cm³/mol. The summed E-state index contributed by atoms with van der Waals surface area (Å²) in [6.45, 7) is 4.14. The van der Waals surface area contributed by atoms with Crippen LogP contribution in [0.2, 0.25) is 0 Å². The van der Waals surface area contributed by atoms with Crippen LogP contribution in [-0.4, -0.2) is 11.6 Å². The van der Waals surface area contributed by atoms with Gasteiger partial charge in [0.15, 0.2) is 5.78 Å². The molecule has 0 spiro atoms. The summed E-state index contributed by atoms with van der Waals surface area (Å²) >= 11 is 5.79. The number of Topliss-reactive ketones (excluding diaryl/α,β-unsaturated/α-hetero) is 1. The van der Waals surface area contributed by atoms with Gasteiger partial charge in [-0.15, -0.1) is 0 Å². The fraction of sp³-hybridized carbons (Fsp3) is 0.444. The molecular weight excluding hydrogens is 284 g/mol. The molecule has 0 aromatic carbocycles. The van der Waals surface area contributed by atoms with Crippen molar-refractivity contribution < 1.29 is 9.59 Å². The Morgan fingerprint density at radius 3 is 2.00 bits per heavy atom. The van der Waals surface area contributed by atoms with Gasteiger partial charge in [-0.1, -0.05) is 62.0 Å². The number of allylic oxidation sites excluding steroid dienone is 4. The SMILES string of the molecule is CCCCC#CC1=C(C#CCCCC)C(=O)C(Cl)=CC1=O. The Morgan fingerprint density at radius 1 is 0.952 bits per heavy atom. The van der Waals surface area contributed by atoms with Gasteiger partial charge < -0.3 is 0 Å². The van der Waals surface area contributed by atoms with Crippen LogP contribution >= 0.6 is 11.6 Å². The second kappa shape index (κ2) is 9.22. The molecule has 1 aliphatic rings. The van der Waals surface area contributed by atoms with Gasteiger partial charge in [0.2, 0.25) is 5.78 Å². The third kappa shape index (κ3) is 5.25. The molecule has 0 amide bonds. The van der Waals surface area contributed by atoms with E-state index in [1.807, 2.05) is 0 Å². The topological polar surface area (TPSA) is 34.1 Å². The lowest BCUT2D eigenvalue weighted by atomic mass is 9.95. The fourth-order valence-corrected chi connectivity index (χ4v) is 1.88. The van der Waals surface area contributed by atoms with Gasteiger partial charge >= 0.3 is 0 Å². The zero-order chi connectivity index (χ0) is 15.7. The minimum absolute atomic E-state index is 0.0844. The zero-order valence-corrected chi connectivity index (χ0v) is 13.3. The first-order valence-electron chi connectivity index (χ1n) is 7.30. The fourth-order valence-electron chi connectivity index (χ4n) is 1.68. The molecule has 0 aromatic rings. The number of hydrogen-bond donors (Lipinski definition) is 0. The van der Waals surface area contributed by atoms with Crippen molar-refractivity contribution in [2.75, 3.05) is 0 Å². The Labute approximate surface area is 131 Å². The van der Waals surface area contributed by atoms with Crippen molar-refractivity contribution in [2.24, 2.45) is 0 Å².